The highest BCUT2D eigenvalue weighted by Gasteiger charge is 2.37. The van der Waals surface area contributed by atoms with Crippen molar-refractivity contribution in [2.45, 2.75) is 31.5 Å². The largest absolute Gasteiger partial charge is 0.416 e. The minimum atomic E-state index is -5.07. The number of hydrogen-bond donors (Lipinski definition) is 0. The average molecular weight is 414 g/mol. The standard InChI is InChI=1S/C16H16F6N2O2S/c1-2-3-4-6-24(7-5-23)27(25,26)11-12-8-13(15(17,18)19)10-14(9-12)16(20,21)22/h3-4,8-10H,2,6-7,11H2,1H3. The molecule has 0 aliphatic rings. The Hall–Kier alpha value is -2.06. The maximum absolute atomic E-state index is 12.9. The summed E-state index contributed by atoms with van der Waals surface area (Å²) in [5.41, 5.74) is -3.86. The van der Waals surface area contributed by atoms with Gasteiger partial charge in [0.2, 0.25) is 10.0 Å². The summed E-state index contributed by atoms with van der Waals surface area (Å²) in [6, 6.07) is 2.26. The van der Waals surface area contributed by atoms with E-state index in [1.807, 2.05) is 0 Å². The number of halogens is 6. The Balaban J connectivity index is 3.31. The van der Waals surface area contributed by atoms with Crippen LogP contribution in [-0.4, -0.2) is 25.8 Å². The van der Waals surface area contributed by atoms with Crippen LogP contribution in [0.2, 0.25) is 0 Å². The van der Waals surface area contributed by atoms with Crippen molar-refractivity contribution in [3.63, 3.8) is 0 Å². The Morgan fingerprint density at radius 2 is 1.56 bits per heavy atom. The number of rotatable bonds is 7. The molecule has 0 amide bonds. The van der Waals surface area contributed by atoms with Crippen molar-refractivity contribution in [3.8, 4) is 6.07 Å². The molecule has 27 heavy (non-hydrogen) atoms. The first-order valence-electron chi connectivity index (χ1n) is 7.59. The molecular weight excluding hydrogens is 398 g/mol. The molecule has 0 aliphatic carbocycles. The van der Waals surface area contributed by atoms with Crippen molar-refractivity contribution in [2.24, 2.45) is 0 Å². The van der Waals surface area contributed by atoms with E-state index < -0.39 is 51.4 Å². The summed E-state index contributed by atoms with van der Waals surface area (Å²) in [6.45, 7) is 0.983. The highest BCUT2D eigenvalue weighted by Crippen LogP contribution is 2.36. The summed E-state index contributed by atoms with van der Waals surface area (Å²) in [5, 5.41) is 8.75. The second kappa shape index (κ2) is 8.75. The van der Waals surface area contributed by atoms with Crippen molar-refractivity contribution in [3.05, 3.63) is 47.0 Å². The lowest BCUT2D eigenvalue weighted by Crippen LogP contribution is -2.33. The fourth-order valence-corrected chi connectivity index (χ4v) is 3.46. The van der Waals surface area contributed by atoms with Gasteiger partial charge in [0.15, 0.2) is 0 Å². The molecule has 0 saturated carbocycles. The maximum atomic E-state index is 12.9. The quantitative estimate of drug-likeness (QED) is 0.379. The van der Waals surface area contributed by atoms with Crippen LogP contribution in [0, 0.1) is 11.3 Å². The fraction of sp³-hybridized carbons (Fsp3) is 0.438. The first kappa shape index (κ1) is 23.0. The van der Waals surface area contributed by atoms with Crippen molar-refractivity contribution in [1.29, 1.82) is 5.26 Å². The summed E-state index contributed by atoms with van der Waals surface area (Å²) >= 11 is 0. The van der Waals surface area contributed by atoms with E-state index in [0.717, 1.165) is 0 Å². The van der Waals surface area contributed by atoms with Gasteiger partial charge in [-0.25, -0.2) is 8.42 Å². The van der Waals surface area contributed by atoms with Crippen molar-refractivity contribution >= 4 is 10.0 Å². The predicted octanol–water partition coefficient (Wildman–Crippen LogP) is 4.35. The van der Waals surface area contributed by atoms with Gasteiger partial charge in [0, 0.05) is 6.54 Å². The minimum Gasteiger partial charge on any atom is -0.212 e. The Morgan fingerprint density at radius 3 is 1.96 bits per heavy atom. The third-order valence-corrected chi connectivity index (χ3v) is 5.11. The van der Waals surface area contributed by atoms with E-state index >= 15 is 0 Å². The van der Waals surface area contributed by atoms with Crippen LogP contribution in [0.25, 0.3) is 0 Å². The molecule has 1 aromatic carbocycles. The van der Waals surface area contributed by atoms with E-state index in [1.54, 1.807) is 19.1 Å². The Bertz CT molecular complexity index is 791. The van der Waals surface area contributed by atoms with Gasteiger partial charge in [-0.15, -0.1) is 0 Å². The molecular formula is C16H16F6N2O2S. The lowest BCUT2D eigenvalue weighted by Gasteiger charge is -2.19. The van der Waals surface area contributed by atoms with E-state index in [-0.39, 0.29) is 12.6 Å². The average Bonchev–Trinajstić information content (AvgIpc) is 2.51. The second-order valence-electron chi connectivity index (χ2n) is 5.50. The van der Waals surface area contributed by atoms with E-state index in [1.165, 1.54) is 6.08 Å². The van der Waals surface area contributed by atoms with Gasteiger partial charge in [-0.05, 0) is 30.2 Å². The van der Waals surface area contributed by atoms with Crippen molar-refractivity contribution < 1.29 is 34.8 Å². The molecule has 0 saturated heterocycles. The lowest BCUT2D eigenvalue weighted by atomic mass is 10.1. The Morgan fingerprint density at radius 1 is 1.04 bits per heavy atom. The van der Waals surface area contributed by atoms with Gasteiger partial charge in [0.05, 0.1) is 22.9 Å². The zero-order valence-corrected chi connectivity index (χ0v) is 14.9. The van der Waals surface area contributed by atoms with Gasteiger partial charge >= 0.3 is 12.4 Å². The molecule has 11 heteroatoms. The molecule has 0 atom stereocenters. The summed E-state index contributed by atoms with van der Waals surface area (Å²) < 4.78 is 103. The molecule has 0 unspecified atom stereocenters. The number of nitrogens with zero attached hydrogens (tertiary/aromatic N) is 2. The molecule has 1 rings (SSSR count). The van der Waals surface area contributed by atoms with Crippen LogP contribution in [0.3, 0.4) is 0 Å². The summed E-state index contributed by atoms with van der Waals surface area (Å²) in [7, 11) is -4.32. The molecule has 0 spiro atoms. The molecule has 0 fully saturated rings. The van der Waals surface area contributed by atoms with Gasteiger partial charge in [-0.2, -0.15) is 35.9 Å². The number of hydrogen-bond acceptors (Lipinski definition) is 3. The normalized spacial score (nSPS) is 13.3. The molecule has 0 heterocycles. The predicted molar refractivity (Wildman–Crippen MR) is 85.7 cm³/mol. The first-order chi connectivity index (χ1) is 12.3. The number of benzene rings is 1. The second-order valence-corrected chi connectivity index (χ2v) is 7.47. The molecule has 0 aromatic heterocycles. The maximum Gasteiger partial charge on any atom is 0.416 e. The summed E-state index contributed by atoms with van der Waals surface area (Å²) in [4.78, 5) is 0. The number of allylic oxidation sites excluding steroid dienone is 1. The summed E-state index contributed by atoms with van der Waals surface area (Å²) in [5.74, 6) is -1.10. The van der Waals surface area contributed by atoms with Crippen LogP contribution in [0.4, 0.5) is 26.3 Å². The minimum absolute atomic E-state index is 0.0762. The van der Waals surface area contributed by atoms with Crippen LogP contribution >= 0.6 is 0 Å². The number of alkyl halides is 6. The molecule has 0 radical (unpaired) electrons. The van der Waals surface area contributed by atoms with Gasteiger partial charge < -0.3 is 0 Å². The molecule has 150 valence electrons. The van der Waals surface area contributed by atoms with Crippen LogP contribution in [0.15, 0.2) is 30.4 Å². The van der Waals surface area contributed by atoms with Crippen LogP contribution < -0.4 is 0 Å². The zero-order chi connectivity index (χ0) is 20.9. The monoisotopic (exact) mass is 414 g/mol. The van der Waals surface area contributed by atoms with Crippen LogP contribution in [0.1, 0.15) is 30.0 Å². The Labute approximate surface area is 152 Å². The van der Waals surface area contributed by atoms with Crippen molar-refractivity contribution in [1.82, 2.24) is 4.31 Å². The first-order valence-corrected chi connectivity index (χ1v) is 9.20. The topological polar surface area (TPSA) is 61.2 Å². The SMILES string of the molecule is CCC=CCN(CC#N)S(=O)(=O)Cc1cc(C(F)(F)F)cc(C(F)(F)F)c1. The third-order valence-electron chi connectivity index (χ3n) is 3.35. The fourth-order valence-electron chi connectivity index (χ4n) is 2.12. The van der Waals surface area contributed by atoms with Crippen LogP contribution in [0.5, 0.6) is 0 Å². The van der Waals surface area contributed by atoms with Gasteiger partial charge in [0.1, 0.15) is 6.54 Å². The van der Waals surface area contributed by atoms with E-state index in [4.69, 9.17) is 5.26 Å². The highest BCUT2D eigenvalue weighted by atomic mass is 32.2. The third kappa shape index (κ3) is 6.88. The molecule has 1 aromatic rings. The number of sulfonamides is 1. The smallest absolute Gasteiger partial charge is 0.212 e. The van der Waals surface area contributed by atoms with Crippen molar-refractivity contribution in [2.75, 3.05) is 13.1 Å². The summed E-state index contributed by atoms with van der Waals surface area (Å²) in [6.07, 6.45) is -6.50. The molecule has 0 bridgehead atoms. The molecule has 0 aliphatic heterocycles. The van der Waals surface area contributed by atoms with Crippen LogP contribution in [-0.2, 0) is 28.1 Å². The van der Waals surface area contributed by atoms with E-state index in [2.05, 4.69) is 0 Å². The zero-order valence-electron chi connectivity index (χ0n) is 14.1. The lowest BCUT2D eigenvalue weighted by molar-refractivity contribution is -0.143. The van der Waals surface area contributed by atoms with E-state index in [0.29, 0.717) is 22.9 Å². The Kier molecular flexibility index (Phi) is 7.45. The number of nitriles is 1. The van der Waals surface area contributed by atoms with Gasteiger partial charge in [-0.1, -0.05) is 19.1 Å². The molecule has 0 N–H and O–H groups in total. The highest BCUT2D eigenvalue weighted by molar-refractivity contribution is 7.88. The van der Waals surface area contributed by atoms with E-state index in [9.17, 15) is 34.8 Å². The van der Waals surface area contributed by atoms with Gasteiger partial charge in [0.25, 0.3) is 0 Å². The van der Waals surface area contributed by atoms with Gasteiger partial charge in [-0.3, -0.25) is 0 Å². The molecule has 4 nitrogen and oxygen atoms in total.